The number of ketones is 1. The number of rotatable bonds is 5. The first-order chi connectivity index (χ1) is 8.20. The molecule has 0 fully saturated rings. The molecule has 0 bridgehead atoms. The number of aryl methyl sites for hydroxylation is 2. The van der Waals surface area contributed by atoms with Gasteiger partial charge >= 0.3 is 0 Å². The third-order valence-electron chi connectivity index (χ3n) is 2.61. The van der Waals surface area contributed by atoms with Crippen LogP contribution < -0.4 is 0 Å². The van der Waals surface area contributed by atoms with Crippen molar-refractivity contribution in [3.63, 3.8) is 0 Å². The van der Waals surface area contributed by atoms with Crippen molar-refractivity contribution in [1.82, 2.24) is 19.3 Å². The van der Waals surface area contributed by atoms with Gasteiger partial charge in [-0.1, -0.05) is 6.92 Å². The van der Waals surface area contributed by atoms with Crippen LogP contribution in [-0.2, 0) is 20.0 Å². The maximum absolute atomic E-state index is 12.0. The van der Waals surface area contributed by atoms with Crippen LogP contribution in [0, 0.1) is 0 Å². The zero-order valence-electron chi connectivity index (χ0n) is 10.1. The van der Waals surface area contributed by atoms with Crippen LogP contribution in [0.4, 0.5) is 0 Å². The first kappa shape index (κ1) is 11.6. The second kappa shape index (κ2) is 4.95. The van der Waals surface area contributed by atoms with Crippen molar-refractivity contribution in [1.29, 1.82) is 0 Å². The number of aromatic nitrogens is 4. The van der Waals surface area contributed by atoms with Gasteiger partial charge in [-0.3, -0.25) is 9.48 Å². The first-order valence-electron chi connectivity index (χ1n) is 5.72. The predicted octanol–water partition coefficient (Wildman–Crippen LogP) is 1.45. The molecular formula is C12H16N4O. The summed E-state index contributed by atoms with van der Waals surface area (Å²) in [4.78, 5) is 16.2. The molecule has 0 aliphatic rings. The molecule has 0 radical (unpaired) electrons. The van der Waals surface area contributed by atoms with E-state index in [2.05, 4.69) is 17.0 Å². The largest absolute Gasteiger partial charge is 0.335 e. The van der Waals surface area contributed by atoms with E-state index in [-0.39, 0.29) is 5.78 Å². The summed E-state index contributed by atoms with van der Waals surface area (Å²) in [7, 11) is 1.80. The minimum absolute atomic E-state index is 0.0571. The molecular weight excluding hydrogens is 216 g/mol. The molecule has 5 heteroatoms. The summed E-state index contributed by atoms with van der Waals surface area (Å²) in [5, 5.41) is 3.99. The SMILES string of the molecule is CCCn1ccnc1CC(=O)c1cnn(C)c1. The molecule has 0 atom stereocenters. The monoisotopic (exact) mass is 232 g/mol. The standard InChI is InChI=1S/C12H16N4O/c1-3-5-16-6-4-13-12(16)7-11(17)10-8-14-15(2)9-10/h4,6,8-9H,3,5,7H2,1-2H3. The molecule has 90 valence electrons. The molecule has 0 amide bonds. The summed E-state index contributed by atoms with van der Waals surface area (Å²) in [6.45, 7) is 3.00. The maximum Gasteiger partial charge on any atom is 0.173 e. The van der Waals surface area contributed by atoms with Crippen molar-refractivity contribution in [2.45, 2.75) is 26.3 Å². The van der Waals surface area contributed by atoms with E-state index in [1.807, 2.05) is 10.8 Å². The van der Waals surface area contributed by atoms with E-state index in [1.54, 1.807) is 30.3 Å². The van der Waals surface area contributed by atoms with Gasteiger partial charge in [0.15, 0.2) is 5.78 Å². The summed E-state index contributed by atoms with van der Waals surface area (Å²) in [6.07, 6.45) is 8.34. The lowest BCUT2D eigenvalue weighted by atomic mass is 10.1. The lowest BCUT2D eigenvalue weighted by Gasteiger charge is -2.04. The molecule has 0 aliphatic carbocycles. The van der Waals surface area contributed by atoms with Crippen molar-refractivity contribution in [3.05, 3.63) is 36.2 Å². The zero-order chi connectivity index (χ0) is 12.3. The number of hydrogen-bond acceptors (Lipinski definition) is 3. The van der Waals surface area contributed by atoms with Gasteiger partial charge in [-0.15, -0.1) is 0 Å². The van der Waals surface area contributed by atoms with Gasteiger partial charge in [-0.25, -0.2) is 4.98 Å². The van der Waals surface area contributed by atoms with E-state index in [1.165, 1.54) is 0 Å². The fourth-order valence-corrected chi connectivity index (χ4v) is 1.76. The molecule has 0 aromatic carbocycles. The average Bonchev–Trinajstić information content (AvgIpc) is 2.89. The molecule has 0 saturated carbocycles. The van der Waals surface area contributed by atoms with Crippen LogP contribution in [0.25, 0.3) is 0 Å². The minimum Gasteiger partial charge on any atom is -0.335 e. The van der Waals surface area contributed by atoms with Crippen LogP contribution in [0.1, 0.15) is 29.5 Å². The van der Waals surface area contributed by atoms with Gasteiger partial charge in [0.25, 0.3) is 0 Å². The highest BCUT2D eigenvalue weighted by molar-refractivity contribution is 5.96. The topological polar surface area (TPSA) is 52.7 Å². The Bertz CT molecular complexity index is 512. The van der Waals surface area contributed by atoms with Crippen molar-refractivity contribution >= 4 is 5.78 Å². The Morgan fingerprint density at radius 3 is 2.94 bits per heavy atom. The lowest BCUT2D eigenvalue weighted by Crippen LogP contribution is -2.09. The normalized spacial score (nSPS) is 10.7. The Kier molecular flexibility index (Phi) is 3.37. The van der Waals surface area contributed by atoms with Crippen LogP contribution in [-0.4, -0.2) is 25.1 Å². The summed E-state index contributed by atoms with van der Waals surface area (Å²) in [5.41, 5.74) is 0.638. The summed E-state index contributed by atoms with van der Waals surface area (Å²) in [6, 6.07) is 0. The van der Waals surface area contributed by atoms with Crippen LogP contribution in [0.15, 0.2) is 24.8 Å². The van der Waals surface area contributed by atoms with Crippen molar-refractivity contribution in [2.75, 3.05) is 0 Å². The highest BCUT2D eigenvalue weighted by atomic mass is 16.1. The Labute approximate surface area is 100 Å². The maximum atomic E-state index is 12.0. The molecule has 0 unspecified atom stereocenters. The Hall–Kier alpha value is -1.91. The van der Waals surface area contributed by atoms with E-state index in [4.69, 9.17) is 0 Å². The van der Waals surface area contributed by atoms with Gasteiger partial charge < -0.3 is 4.57 Å². The minimum atomic E-state index is 0.0571. The van der Waals surface area contributed by atoms with Gasteiger partial charge in [0, 0.05) is 32.2 Å². The van der Waals surface area contributed by atoms with Gasteiger partial charge in [0.2, 0.25) is 0 Å². The van der Waals surface area contributed by atoms with Gasteiger partial charge in [-0.2, -0.15) is 5.10 Å². The molecule has 17 heavy (non-hydrogen) atoms. The van der Waals surface area contributed by atoms with Crippen LogP contribution in [0.3, 0.4) is 0 Å². The van der Waals surface area contributed by atoms with E-state index in [9.17, 15) is 4.79 Å². The van der Waals surface area contributed by atoms with Crippen LogP contribution in [0.5, 0.6) is 0 Å². The van der Waals surface area contributed by atoms with Gasteiger partial charge in [0.1, 0.15) is 5.82 Å². The fourth-order valence-electron chi connectivity index (χ4n) is 1.76. The number of hydrogen-bond donors (Lipinski definition) is 0. The van der Waals surface area contributed by atoms with Crippen LogP contribution in [0.2, 0.25) is 0 Å². The van der Waals surface area contributed by atoms with E-state index in [0.29, 0.717) is 12.0 Å². The van der Waals surface area contributed by atoms with Crippen LogP contribution >= 0.6 is 0 Å². The second-order valence-corrected chi connectivity index (χ2v) is 4.04. The van der Waals surface area contributed by atoms with E-state index >= 15 is 0 Å². The molecule has 2 heterocycles. The number of imidazole rings is 1. The number of Topliss-reactive ketones (excluding diaryl/α,β-unsaturated/α-hetero) is 1. The Balaban J connectivity index is 2.10. The second-order valence-electron chi connectivity index (χ2n) is 4.04. The molecule has 2 aromatic rings. The summed E-state index contributed by atoms with van der Waals surface area (Å²) in [5.74, 6) is 0.877. The molecule has 0 aliphatic heterocycles. The first-order valence-corrected chi connectivity index (χ1v) is 5.72. The molecule has 0 saturated heterocycles. The zero-order valence-corrected chi connectivity index (χ0v) is 10.1. The lowest BCUT2D eigenvalue weighted by molar-refractivity contribution is 0.0989. The van der Waals surface area contributed by atoms with E-state index in [0.717, 1.165) is 18.8 Å². The molecule has 0 spiro atoms. The smallest absolute Gasteiger partial charge is 0.173 e. The molecule has 2 aromatic heterocycles. The summed E-state index contributed by atoms with van der Waals surface area (Å²) < 4.78 is 3.65. The predicted molar refractivity (Wildman–Crippen MR) is 63.8 cm³/mol. The molecule has 0 N–H and O–H groups in total. The van der Waals surface area contributed by atoms with Gasteiger partial charge in [-0.05, 0) is 6.42 Å². The highest BCUT2D eigenvalue weighted by Gasteiger charge is 2.12. The fraction of sp³-hybridized carbons (Fsp3) is 0.417. The van der Waals surface area contributed by atoms with Gasteiger partial charge in [0.05, 0.1) is 18.2 Å². The number of carbonyl (C=O) groups excluding carboxylic acids is 1. The Morgan fingerprint density at radius 1 is 1.47 bits per heavy atom. The molecule has 2 rings (SSSR count). The Morgan fingerprint density at radius 2 is 2.29 bits per heavy atom. The third kappa shape index (κ3) is 2.61. The van der Waals surface area contributed by atoms with Crippen molar-refractivity contribution < 1.29 is 4.79 Å². The van der Waals surface area contributed by atoms with E-state index < -0.39 is 0 Å². The quantitative estimate of drug-likeness (QED) is 0.733. The van der Waals surface area contributed by atoms with Crippen molar-refractivity contribution in [2.24, 2.45) is 7.05 Å². The summed E-state index contributed by atoms with van der Waals surface area (Å²) >= 11 is 0. The van der Waals surface area contributed by atoms with Crippen molar-refractivity contribution in [3.8, 4) is 0 Å². The highest BCUT2D eigenvalue weighted by Crippen LogP contribution is 2.06. The molecule has 5 nitrogen and oxygen atoms in total. The third-order valence-corrected chi connectivity index (χ3v) is 2.61. The average molecular weight is 232 g/mol. The number of nitrogens with zero attached hydrogens (tertiary/aromatic N) is 4. The number of carbonyl (C=O) groups is 1.